The monoisotopic (exact) mass is 325 g/mol. The molecule has 0 fully saturated rings. The van der Waals surface area contributed by atoms with Crippen molar-refractivity contribution in [2.24, 2.45) is 0 Å². The summed E-state index contributed by atoms with van der Waals surface area (Å²) in [6.07, 6.45) is 0. The summed E-state index contributed by atoms with van der Waals surface area (Å²) < 4.78 is 1.11. The lowest BCUT2D eigenvalue weighted by Gasteiger charge is -2.09. The van der Waals surface area contributed by atoms with Gasteiger partial charge in [-0.3, -0.25) is 0 Å². The lowest BCUT2D eigenvalue weighted by Crippen LogP contribution is -1.99. The van der Waals surface area contributed by atoms with E-state index < -0.39 is 0 Å². The van der Waals surface area contributed by atoms with Crippen molar-refractivity contribution in [3.63, 3.8) is 0 Å². The quantitative estimate of drug-likeness (QED) is 0.799. The third-order valence-electron chi connectivity index (χ3n) is 2.67. The van der Waals surface area contributed by atoms with Crippen LogP contribution in [0.3, 0.4) is 0 Å². The summed E-state index contributed by atoms with van der Waals surface area (Å²) >= 11 is 9.32. The lowest BCUT2D eigenvalue weighted by molar-refractivity contribution is 0.475. The number of benzene rings is 2. The Balaban J connectivity index is 2.06. The van der Waals surface area contributed by atoms with Crippen molar-refractivity contribution in [2.45, 2.75) is 13.5 Å². The topological polar surface area (TPSA) is 32.3 Å². The number of aryl methyl sites for hydroxylation is 1. The second kappa shape index (κ2) is 5.63. The highest BCUT2D eigenvalue weighted by Crippen LogP contribution is 2.26. The van der Waals surface area contributed by atoms with Crippen LogP contribution >= 0.6 is 27.5 Å². The summed E-state index contributed by atoms with van der Waals surface area (Å²) in [7, 11) is 0. The van der Waals surface area contributed by atoms with Gasteiger partial charge in [0.05, 0.1) is 5.02 Å². The summed E-state index contributed by atoms with van der Waals surface area (Å²) in [4.78, 5) is 0. The molecule has 0 spiro atoms. The first-order chi connectivity index (χ1) is 8.56. The van der Waals surface area contributed by atoms with Crippen LogP contribution in [0.4, 0.5) is 5.69 Å². The highest BCUT2D eigenvalue weighted by atomic mass is 79.9. The molecule has 0 unspecified atom stereocenters. The molecule has 0 saturated carbocycles. The van der Waals surface area contributed by atoms with Crippen molar-refractivity contribution in [1.29, 1.82) is 0 Å². The van der Waals surface area contributed by atoms with Crippen molar-refractivity contribution in [3.05, 3.63) is 57.0 Å². The van der Waals surface area contributed by atoms with E-state index in [2.05, 4.69) is 40.3 Å². The van der Waals surface area contributed by atoms with Crippen molar-refractivity contribution < 1.29 is 5.11 Å². The Morgan fingerprint density at radius 1 is 1.22 bits per heavy atom. The van der Waals surface area contributed by atoms with Crippen LogP contribution in [-0.4, -0.2) is 5.11 Å². The first kappa shape index (κ1) is 13.2. The molecule has 2 rings (SSSR count). The molecule has 18 heavy (non-hydrogen) atoms. The standard InChI is InChI=1S/C14H13BrClNO/c1-9-6-10(2-4-12(9)15)8-17-11-3-5-14(18)13(16)7-11/h2-7,17-18H,8H2,1H3. The van der Waals surface area contributed by atoms with Gasteiger partial charge >= 0.3 is 0 Å². The maximum atomic E-state index is 9.33. The molecule has 0 saturated heterocycles. The van der Waals surface area contributed by atoms with Gasteiger partial charge in [0.1, 0.15) is 5.75 Å². The summed E-state index contributed by atoms with van der Waals surface area (Å²) in [5.74, 6) is 0.0988. The zero-order chi connectivity index (χ0) is 13.1. The van der Waals surface area contributed by atoms with E-state index in [9.17, 15) is 5.11 Å². The molecule has 0 aromatic heterocycles. The van der Waals surface area contributed by atoms with Gasteiger partial charge in [0.25, 0.3) is 0 Å². The van der Waals surface area contributed by atoms with Gasteiger partial charge < -0.3 is 10.4 Å². The molecule has 0 aliphatic carbocycles. The Labute approximate surface area is 120 Å². The van der Waals surface area contributed by atoms with Crippen LogP contribution in [0.5, 0.6) is 5.75 Å². The van der Waals surface area contributed by atoms with Crippen molar-refractivity contribution >= 4 is 33.2 Å². The Bertz CT molecular complexity index is 520. The largest absolute Gasteiger partial charge is 0.506 e. The number of nitrogens with one attached hydrogen (secondary N) is 1. The number of anilines is 1. The summed E-state index contributed by atoms with van der Waals surface area (Å²) in [5.41, 5.74) is 3.29. The first-order valence-electron chi connectivity index (χ1n) is 5.53. The first-order valence-corrected chi connectivity index (χ1v) is 6.71. The average Bonchev–Trinajstić information content (AvgIpc) is 2.35. The molecule has 2 N–H and O–H groups in total. The van der Waals surface area contributed by atoms with Crippen LogP contribution in [-0.2, 0) is 6.54 Å². The van der Waals surface area contributed by atoms with Gasteiger partial charge in [-0.2, -0.15) is 0 Å². The third-order valence-corrected chi connectivity index (χ3v) is 3.86. The molecule has 2 aromatic carbocycles. The predicted octanol–water partition coefficient (Wildman–Crippen LogP) is 4.73. The molecule has 0 heterocycles. The fraction of sp³-hybridized carbons (Fsp3) is 0.143. The van der Waals surface area contributed by atoms with Gasteiger partial charge in [0, 0.05) is 16.7 Å². The smallest absolute Gasteiger partial charge is 0.134 e. The number of aromatic hydroxyl groups is 1. The average molecular weight is 327 g/mol. The molecular formula is C14H13BrClNO. The van der Waals surface area contributed by atoms with Gasteiger partial charge in [-0.25, -0.2) is 0 Å². The molecule has 0 bridgehead atoms. The maximum Gasteiger partial charge on any atom is 0.134 e. The van der Waals surface area contributed by atoms with Crippen LogP contribution < -0.4 is 5.32 Å². The molecule has 0 aliphatic heterocycles. The van der Waals surface area contributed by atoms with Crippen LogP contribution in [0.2, 0.25) is 5.02 Å². The van der Waals surface area contributed by atoms with Crippen molar-refractivity contribution in [2.75, 3.05) is 5.32 Å². The molecule has 4 heteroatoms. The Kier molecular flexibility index (Phi) is 4.15. The molecule has 0 amide bonds. The van der Waals surface area contributed by atoms with E-state index in [-0.39, 0.29) is 5.75 Å². The maximum absolute atomic E-state index is 9.33. The normalized spacial score (nSPS) is 10.4. The van der Waals surface area contributed by atoms with Crippen LogP contribution in [0, 0.1) is 6.92 Å². The minimum Gasteiger partial charge on any atom is -0.506 e. The van der Waals surface area contributed by atoms with E-state index in [0.29, 0.717) is 5.02 Å². The van der Waals surface area contributed by atoms with Crippen LogP contribution in [0.15, 0.2) is 40.9 Å². The van der Waals surface area contributed by atoms with E-state index in [1.54, 1.807) is 18.2 Å². The highest BCUT2D eigenvalue weighted by molar-refractivity contribution is 9.10. The number of hydrogen-bond donors (Lipinski definition) is 2. The number of rotatable bonds is 3. The van der Waals surface area contributed by atoms with E-state index in [4.69, 9.17) is 11.6 Å². The van der Waals surface area contributed by atoms with E-state index in [1.807, 2.05) is 6.07 Å². The number of halogens is 2. The molecule has 94 valence electrons. The number of phenolic OH excluding ortho intramolecular Hbond substituents is 1. The van der Waals surface area contributed by atoms with Gasteiger partial charge in [0.15, 0.2) is 0 Å². The summed E-state index contributed by atoms with van der Waals surface area (Å²) in [5, 5.41) is 12.9. The second-order valence-corrected chi connectivity index (χ2v) is 5.36. The Hall–Kier alpha value is -1.19. The fourth-order valence-corrected chi connectivity index (χ4v) is 2.06. The Morgan fingerprint density at radius 2 is 2.00 bits per heavy atom. The lowest BCUT2D eigenvalue weighted by atomic mass is 10.1. The number of phenols is 1. The number of hydrogen-bond acceptors (Lipinski definition) is 2. The molecule has 0 atom stereocenters. The van der Waals surface area contributed by atoms with E-state index >= 15 is 0 Å². The van der Waals surface area contributed by atoms with Crippen molar-refractivity contribution in [1.82, 2.24) is 0 Å². The third kappa shape index (κ3) is 3.18. The van der Waals surface area contributed by atoms with Crippen LogP contribution in [0.25, 0.3) is 0 Å². The zero-order valence-electron chi connectivity index (χ0n) is 9.87. The van der Waals surface area contributed by atoms with E-state index in [0.717, 1.165) is 16.7 Å². The van der Waals surface area contributed by atoms with Gasteiger partial charge in [-0.05, 0) is 42.3 Å². The van der Waals surface area contributed by atoms with Gasteiger partial charge in [-0.15, -0.1) is 0 Å². The fourth-order valence-electron chi connectivity index (χ4n) is 1.64. The molecular weight excluding hydrogens is 314 g/mol. The minimum atomic E-state index is 0.0988. The van der Waals surface area contributed by atoms with E-state index in [1.165, 1.54) is 11.1 Å². The molecule has 2 aromatic rings. The second-order valence-electron chi connectivity index (χ2n) is 4.10. The summed E-state index contributed by atoms with van der Waals surface area (Å²) in [6, 6.07) is 11.3. The minimum absolute atomic E-state index is 0.0988. The molecule has 2 nitrogen and oxygen atoms in total. The molecule has 0 radical (unpaired) electrons. The van der Waals surface area contributed by atoms with Gasteiger partial charge in [-0.1, -0.05) is 39.7 Å². The molecule has 0 aliphatic rings. The SMILES string of the molecule is Cc1cc(CNc2ccc(O)c(Cl)c2)ccc1Br. The Morgan fingerprint density at radius 3 is 2.67 bits per heavy atom. The highest BCUT2D eigenvalue weighted by Gasteiger charge is 2.01. The van der Waals surface area contributed by atoms with Crippen LogP contribution in [0.1, 0.15) is 11.1 Å². The van der Waals surface area contributed by atoms with Crippen molar-refractivity contribution in [3.8, 4) is 5.75 Å². The summed E-state index contributed by atoms with van der Waals surface area (Å²) in [6.45, 7) is 2.78. The zero-order valence-corrected chi connectivity index (χ0v) is 12.2. The predicted molar refractivity (Wildman–Crippen MR) is 79.3 cm³/mol. The van der Waals surface area contributed by atoms with Gasteiger partial charge in [0.2, 0.25) is 0 Å².